The van der Waals surface area contributed by atoms with Crippen LogP contribution < -0.4 is 5.32 Å². The minimum atomic E-state index is -0.810. The number of carboxylic acid groups (broad SMARTS) is 1. The molecule has 0 atom stereocenters. The van der Waals surface area contributed by atoms with Crippen LogP contribution in [0.25, 0.3) is 0 Å². The SMILES string of the molecule is O=C(O)CCc1csc(Nc2ccc(Cl)cc2I)n1. The molecule has 2 rings (SSSR count). The highest BCUT2D eigenvalue weighted by Gasteiger charge is 2.06. The van der Waals surface area contributed by atoms with E-state index in [2.05, 4.69) is 32.9 Å². The Labute approximate surface area is 133 Å². The number of aromatic nitrogens is 1. The number of halogens is 2. The molecule has 0 radical (unpaired) electrons. The maximum absolute atomic E-state index is 10.5. The van der Waals surface area contributed by atoms with Gasteiger partial charge in [-0.3, -0.25) is 4.79 Å². The maximum atomic E-state index is 10.5. The fourth-order valence-electron chi connectivity index (χ4n) is 1.42. The third kappa shape index (κ3) is 4.32. The van der Waals surface area contributed by atoms with E-state index in [9.17, 15) is 4.79 Å². The summed E-state index contributed by atoms with van der Waals surface area (Å²) in [5.74, 6) is -0.810. The van der Waals surface area contributed by atoms with Gasteiger partial charge in [0.25, 0.3) is 0 Å². The second-order valence-electron chi connectivity index (χ2n) is 3.79. The molecule has 0 unspecified atom stereocenters. The third-order valence-electron chi connectivity index (χ3n) is 2.32. The summed E-state index contributed by atoms with van der Waals surface area (Å²) < 4.78 is 1.01. The number of aliphatic carboxylic acids is 1. The number of rotatable bonds is 5. The van der Waals surface area contributed by atoms with Crippen molar-refractivity contribution in [2.24, 2.45) is 0 Å². The van der Waals surface area contributed by atoms with Crippen LogP contribution in [0.15, 0.2) is 23.6 Å². The summed E-state index contributed by atoms with van der Waals surface area (Å²) in [4.78, 5) is 14.8. The van der Waals surface area contributed by atoms with E-state index in [4.69, 9.17) is 16.7 Å². The Bertz CT molecular complexity index is 603. The van der Waals surface area contributed by atoms with Gasteiger partial charge in [-0.05, 0) is 40.8 Å². The maximum Gasteiger partial charge on any atom is 0.303 e. The topological polar surface area (TPSA) is 62.2 Å². The number of benzene rings is 1. The standard InChI is InChI=1S/C12H10ClIN2O2S/c13-7-1-3-10(9(14)5-7)16-12-15-8(6-19-12)2-4-11(17)18/h1,3,5-6H,2,4H2,(H,15,16)(H,17,18). The van der Waals surface area contributed by atoms with Crippen LogP contribution in [0, 0.1) is 3.57 Å². The van der Waals surface area contributed by atoms with Gasteiger partial charge in [0.05, 0.1) is 17.8 Å². The largest absolute Gasteiger partial charge is 0.481 e. The molecule has 0 saturated carbocycles. The molecule has 0 bridgehead atoms. The molecule has 2 aromatic rings. The number of nitrogens with zero attached hydrogens (tertiary/aromatic N) is 1. The molecular weight excluding hydrogens is 399 g/mol. The van der Waals surface area contributed by atoms with E-state index in [-0.39, 0.29) is 6.42 Å². The summed E-state index contributed by atoms with van der Waals surface area (Å²) in [5, 5.41) is 15.1. The Balaban J connectivity index is 2.05. The molecule has 0 aliphatic rings. The summed E-state index contributed by atoms with van der Waals surface area (Å²) >= 11 is 9.55. The number of aryl methyl sites for hydroxylation is 1. The van der Waals surface area contributed by atoms with Gasteiger partial charge in [0, 0.05) is 20.4 Å². The van der Waals surface area contributed by atoms with Crippen LogP contribution in [0.4, 0.5) is 10.8 Å². The molecule has 1 heterocycles. The van der Waals surface area contributed by atoms with Crippen molar-refractivity contribution in [3.8, 4) is 0 Å². The highest BCUT2D eigenvalue weighted by Crippen LogP contribution is 2.27. The minimum Gasteiger partial charge on any atom is -0.481 e. The second-order valence-corrected chi connectivity index (χ2v) is 6.24. The lowest BCUT2D eigenvalue weighted by molar-refractivity contribution is -0.136. The highest BCUT2D eigenvalue weighted by atomic mass is 127. The number of nitrogens with one attached hydrogen (secondary N) is 1. The first kappa shape index (κ1) is 14.5. The van der Waals surface area contributed by atoms with Gasteiger partial charge in [-0.15, -0.1) is 11.3 Å². The average Bonchev–Trinajstić information content (AvgIpc) is 2.78. The van der Waals surface area contributed by atoms with Crippen LogP contribution in [0.2, 0.25) is 5.02 Å². The van der Waals surface area contributed by atoms with Crippen LogP contribution in [-0.2, 0) is 11.2 Å². The molecule has 100 valence electrons. The lowest BCUT2D eigenvalue weighted by Gasteiger charge is -2.05. The Hall–Kier alpha value is -0.860. The second kappa shape index (κ2) is 6.53. The number of hydrogen-bond acceptors (Lipinski definition) is 4. The summed E-state index contributed by atoms with van der Waals surface area (Å²) in [5.41, 5.74) is 1.73. The molecule has 0 spiro atoms. The predicted octanol–water partition coefficient (Wildman–Crippen LogP) is 4.16. The molecule has 1 aromatic carbocycles. The number of carbonyl (C=O) groups is 1. The zero-order valence-corrected chi connectivity index (χ0v) is 13.4. The zero-order chi connectivity index (χ0) is 13.8. The molecule has 19 heavy (non-hydrogen) atoms. The molecule has 0 saturated heterocycles. The lowest BCUT2D eigenvalue weighted by Crippen LogP contribution is -1.98. The minimum absolute atomic E-state index is 0.0989. The van der Waals surface area contributed by atoms with Crippen molar-refractivity contribution >= 4 is 62.3 Å². The van der Waals surface area contributed by atoms with Crippen molar-refractivity contribution in [1.82, 2.24) is 4.98 Å². The van der Waals surface area contributed by atoms with Gasteiger partial charge in [-0.2, -0.15) is 0 Å². The van der Waals surface area contributed by atoms with Crippen LogP contribution in [0.3, 0.4) is 0 Å². The van der Waals surface area contributed by atoms with Gasteiger partial charge >= 0.3 is 5.97 Å². The summed E-state index contributed by atoms with van der Waals surface area (Å²) in [6.45, 7) is 0. The van der Waals surface area contributed by atoms with Crippen LogP contribution in [-0.4, -0.2) is 16.1 Å². The van der Waals surface area contributed by atoms with Crippen molar-refractivity contribution in [2.75, 3.05) is 5.32 Å². The molecule has 7 heteroatoms. The normalized spacial score (nSPS) is 10.4. The highest BCUT2D eigenvalue weighted by molar-refractivity contribution is 14.1. The number of thiazole rings is 1. The average molecular weight is 409 g/mol. The van der Waals surface area contributed by atoms with Gasteiger partial charge in [0.15, 0.2) is 5.13 Å². The van der Waals surface area contributed by atoms with Gasteiger partial charge in [-0.25, -0.2) is 4.98 Å². The molecule has 4 nitrogen and oxygen atoms in total. The molecular formula is C12H10ClIN2O2S. The number of hydrogen-bond donors (Lipinski definition) is 2. The van der Waals surface area contributed by atoms with Crippen molar-refractivity contribution < 1.29 is 9.90 Å². The van der Waals surface area contributed by atoms with Gasteiger partial charge < -0.3 is 10.4 Å². The molecule has 0 aliphatic heterocycles. The van der Waals surface area contributed by atoms with Crippen LogP contribution >= 0.6 is 45.5 Å². The number of anilines is 2. The Morgan fingerprint density at radius 2 is 2.32 bits per heavy atom. The van der Waals surface area contributed by atoms with Gasteiger partial charge in [-0.1, -0.05) is 11.6 Å². The van der Waals surface area contributed by atoms with Crippen molar-refractivity contribution in [3.05, 3.63) is 37.9 Å². The van der Waals surface area contributed by atoms with Gasteiger partial charge in [0.1, 0.15) is 0 Å². The fraction of sp³-hybridized carbons (Fsp3) is 0.167. The van der Waals surface area contributed by atoms with Crippen molar-refractivity contribution in [2.45, 2.75) is 12.8 Å². The fourth-order valence-corrected chi connectivity index (χ4v) is 3.18. The summed E-state index contributed by atoms with van der Waals surface area (Å²) in [6.07, 6.45) is 0.548. The molecule has 2 N–H and O–H groups in total. The molecule has 0 aliphatic carbocycles. The van der Waals surface area contributed by atoms with E-state index in [1.54, 1.807) is 0 Å². The van der Waals surface area contributed by atoms with E-state index < -0.39 is 5.97 Å². The predicted molar refractivity (Wildman–Crippen MR) is 85.5 cm³/mol. The quantitative estimate of drug-likeness (QED) is 0.729. The van der Waals surface area contributed by atoms with Crippen LogP contribution in [0.1, 0.15) is 12.1 Å². The van der Waals surface area contributed by atoms with Crippen LogP contribution in [0.5, 0.6) is 0 Å². The van der Waals surface area contributed by atoms with Crippen molar-refractivity contribution in [1.29, 1.82) is 0 Å². The van der Waals surface area contributed by atoms with Gasteiger partial charge in [0.2, 0.25) is 0 Å². The molecule has 0 amide bonds. The first-order valence-electron chi connectivity index (χ1n) is 5.43. The van der Waals surface area contributed by atoms with E-state index in [1.807, 2.05) is 23.6 Å². The zero-order valence-electron chi connectivity index (χ0n) is 9.69. The summed E-state index contributed by atoms with van der Waals surface area (Å²) in [7, 11) is 0. The van der Waals surface area contributed by atoms with E-state index in [0.717, 1.165) is 20.1 Å². The third-order valence-corrected chi connectivity index (χ3v) is 4.25. The Kier molecular flexibility index (Phi) is 5.00. The smallest absolute Gasteiger partial charge is 0.303 e. The molecule has 1 aromatic heterocycles. The monoisotopic (exact) mass is 408 g/mol. The Morgan fingerprint density at radius 3 is 3.00 bits per heavy atom. The van der Waals surface area contributed by atoms with Crippen molar-refractivity contribution in [3.63, 3.8) is 0 Å². The lowest BCUT2D eigenvalue weighted by atomic mass is 10.2. The molecule has 0 fully saturated rings. The first-order valence-corrected chi connectivity index (χ1v) is 7.76. The Morgan fingerprint density at radius 1 is 1.53 bits per heavy atom. The first-order chi connectivity index (χ1) is 9.04. The summed E-state index contributed by atoms with van der Waals surface area (Å²) in [6, 6.07) is 5.57. The van der Waals surface area contributed by atoms with E-state index in [1.165, 1.54) is 11.3 Å². The van der Waals surface area contributed by atoms with E-state index in [0.29, 0.717) is 11.4 Å². The van der Waals surface area contributed by atoms with E-state index >= 15 is 0 Å². The number of carboxylic acids is 1.